The van der Waals surface area contributed by atoms with Gasteiger partial charge in [0.1, 0.15) is 11.2 Å². The van der Waals surface area contributed by atoms with Crippen LogP contribution in [0.3, 0.4) is 0 Å². The second kappa shape index (κ2) is 12.1. The van der Waals surface area contributed by atoms with Crippen molar-refractivity contribution in [3.8, 4) is 33.6 Å². The van der Waals surface area contributed by atoms with Crippen LogP contribution in [0.2, 0.25) is 0 Å². The first-order valence-corrected chi connectivity index (χ1v) is 20.6. The van der Waals surface area contributed by atoms with Crippen LogP contribution in [0, 0.1) is 0 Å². The number of furan rings is 1. The van der Waals surface area contributed by atoms with Gasteiger partial charge in [0.2, 0.25) is 0 Å². The summed E-state index contributed by atoms with van der Waals surface area (Å²) in [7, 11) is 0. The molecule has 4 aromatic heterocycles. The Morgan fingerprint density at radius 3 is 1.53 bits per heavy atom. The fraction of sp³-hybridized carbons (Fsp3) is 0. The molecule has 0 fully saturated rings. The summed E-state index contributed by atoms with van der Waals surface area (Å²) < 4.78 is 13.9. The Morgan fingerprint density at radius 1 is 0.293 bits per heavy atom. The second-order valence-corrected chi connectivity index (χ2v) is 16.4. The van der Waals surface area contributed by atoms with E-state index in [1.54, 1.807) is 0 Å². The molecule has 9 aromatic carbocycles. The van der Waals surface area contributed by atoms with Gasteiger partial charge in [0.15, 0.2) is 0 Å². The predicted octanol–water partition coefficient (Wildman–Crippen LogP) is 15.5. The van der Waals surface area contributed by atoms with Crippen LogP contribution in [-0.2, 0) is 0 Å². The van der Waals surface area contributed by atoms with Gasteiger partial charge in [0.05, 0.1) is 22.1 Å². The van der Waals surface area contributed by atoms with Crippen molar-refractivity contribution in [3.05, 3.63) is 194 Å². The largest absolute Gasteiger partial charge is 0.456 e. The highest BCUT2D eigenvalue weighted by Gasteiger charge is 2.18. The van der Waals surface area contributed by atoms with Crippen LogP contribution in [0.25, 0.3) is 119 Å². The minimum Gasteiger partial charge on any atom is -0.456 e. The molecule has 0 aliphatic heterocycles. The Bertz CT molecular complexity index is 3790. The van der Waals surface area contributed by atoms with Crippen molar-refractivity contribution in [2.45, 2.75) is 0 Å². The quantitative estimate of drug-likeness (QED) is 0.175. The normalized spacial score (nSPS) is 12.1. The summed E-state index contributed by atoms with van der Waals surface area (Å²) in [5, 5.41) is 9.84. The molecule has 3 nitrogen and oxygen atoms in total. The molecule has 13 rings (SSSR count). The van der Waals surface area contributed by atoms with E-state index in [0.29, 0.717) is 0 Å². The molecule has 0 amide bonds. The van der Waals surface area contributed by atoms with Gasteiger partial charge in [-0.05, 0) is 101 Å². The van der Waals surface area contributed by atoms with Crippen molar-refractivity contribution >= 4 is 97.1 Å². The van der Waals surface area contributed by atoms with E-state index in [-0.39, 0.29) is 0 Å². The molecule has 4 heteroatoms. The van der Waals surface area contributed by atoms with Crippen molar-refractivity contribution in [2.75, 3.05) is 0 Å². The summed E-state index contributed by atoms with van der Waals surface area (Å²) in [6.45, 7) is 0. The molecule has 0 atom stereocenters. The van der Waals surface area contributed by atoms with Gasteiger partial charge in [-0.3, -0.25) is 0 Å². The van der Waals surface area contributed by atoms with Crippen molar-refractivity contribution in [3.63, 3.8) is 0 Å². The Labute approximate surface area is 336 Å². The fourth-order valence-corrected chi connectivity index (χ4v) is 10.5. The molecule has 0 saturated carbocycles. The van der Waals surface area contributed by atoms with Crippen molar-refractivity contribution in [1.29, 1.82) is 0 Å². The fourth-order valence-electron chi connectivity index (χ4n) is 9.42. The molecule has 0 bridgehead atoms. The second-order valence-electron chi connectivity index (χ2n) is 15.3. The van der Waals surface area contributed by atoms with Gasteiger partial charge in [-0.15, -0.1) is 11.3 Å². The first-order chi connectivity index (χ1) is 28.7. The van der Waals surface area contributed by atoms with Gasteiger partial charge in [-0.2, -0.15) is 0 Å². The van der Waals surface area contributed by atoms with E-state index in [1.165, 1.54) is 86.0 Å². The van der Waals surface area contributed by atoms with Gasteiger partial charge >= 0.3 is 0 Å². The van der Waals surface area contributed by atoms with Crippen molar-refractivity contribution < 1.29 is 4.42 Å². The molecule has 13 aromatic rings. The molecule has 0 unspecified atom stereocenters. The van der Waals surface area contributed by atoms with Gasteiger partial charge in [0.25, 0.3) is 0 Å². The predicted molar refractivity (Wildman–Crippen MR) is 246 cm³/mol. The van der Waals surface area contributed by atoms with Gasteiger partial charge < -0.3 is 13.6 Å². The summed E-state index contributed by atoms with van der Waals surface area (Å²) >= 11 is 1.83. The SMILES string of the molecule is c1ccc(-c2ccc(-n3c4ccccc4c4cc(-c5ccc6c(c5)c5ccccc5n6-c5ccc6c(c5)oc5cc7sc8ccccc8c7cc56)ccc43)cc2)cc1. The summed E-state index contributed by atoms with van der Waals surface area (Å²) in [5.74, 6) is 0. The number of hydrogen-bond acceptors (Lipinski definition) is 2. The first-order valence-electron chi connectivity index (χ1n) is 19.7. The third-order valence-corrected chi connectivity index (χ3v) is 13.3. The maximum Gasteiger partial charge on any atom is 0.137 e. The molecule has 0 radical (unpaired) electrons. The van der Waals surface area contributed by atoms with Crippen molar-refractivity contribution in [1.82, 2.24) is 9.13 Å². The number of hydrogen-bond donors (Lipinski definition) is 0. The van der Waals surface area contributed by atoms with E-state index >= 15 is 0 Å². The maximum absolute atomic E-state index is 6.61. The summed E-state index contributed by atoms with van der Waals surface area (Å²) in [6, 6.07) is 70.7. The van der Waals surface area contributed by atoms with E-state index in [9.17, 15) is 0 Å². The lowest BCUT2D eigenvalue weighted by atomic mass is 10.0. The Hall–Kier alpha value is -7.40. The minimum absolute atomic E-state index is 0.900. The average Bonchev–Trinajstić information content (AvgIpc) is 4.02. The molecule has 270 valence electrons. The minimum atomic E-state index is 0.900. The first kappa shape index (κ1) is 31.8. The van der Waals surface area contributed by atoms with Gasteiger partial charge in [0, 0.05) is 69.9 Å². The average molecular weight is 757 g/mol. The molecule has 4 heterocycles. The number of aromatic nitrogens is 2. The highest BCUT2D eigenvalue weighted by Crippen LogP contribution is 2.42. The van der Waals surface area contributed by atoms with E-state index in [2.05, 4.69) is 203 Å². The molecule has 58 heavy (non-hydrogen) atoms. The monoisotopic (exact) mass is 756 g/mol. The zero-order valence-electron chi connectivity index (χ0n) is 31.2. The standard InChI is InChI=1S/C54H32N2OS/c1-2-10-33(11-3-1)34-18-22-37(23-19-34)55-47-15-7-4-12-39(47)43-28-35(20-26-49(43)55)36-21-27-50-44(29-36)40-13-5-8-16-48(40)56(50)38-24-25-41-45-31-46-42-14-6-9-17-53(42)58-54(46)32-52(45)57-51(41)30-38/h1-32H. The Morgan fingerprint density at radius 2 is 0.828 bits per heavy atom. The third-order valence-electron chi connectivity index (χ3n) is 12.1. The number of thiophene rings is 1. The molecule has 0 aliphatic carbocycles. The number of benzene rings is 9. The lowest BCUT2D eigenvalue weighted by Crippen LogP contribution is -1.94. The molecule has 0 N–H and O–H groups in total. The van der Waals surface area contributed by atoms with Crippen LogP contribution < -0.4 is 0 Å². The molecule has 0 spiro atoms. The molecular weight excluding hydrogens is 725 g/mol. The zero-order valence-corrected chi connectivity index (χ0v) is 32.0. The van der Waals surface area contributed by atoms with E-state index in [1.807, 2.05) is 11.3 Å². The Kier molecular flexibility index (Phi) is 6.60. The highest BCUT2D eigenvalue weighted by molar-refractivity contribution is 7.25. The molecular formula is C54H32N2OS. The topological polar surface area (TPSA) is 23.0 Å². The lowest BCUT2D eigenvalue weighted by molar-refractivity contribution is 0.669. The number of para-hydroxylation sites is 2. The van der Waals surface area contributed by atoms with Crippen LogP contribution in [0.4, 0.5) is 0 Å². The zero-order chi connectivity index (χ0) is 37.9. The Balaban J connectivity index is 0.929. The number of fused-ring (bicyclic) bond motifs is 12. The number of nitrogens with zero attached hydrogens (tertiary/aromatic N) is 2. The summed E-state index contributed by atoms with van der Waals surface area (Å²) in [6.07, 6.45) is 0. The lowest BCUT2D eigenvalue weighted by Gasteiger charge is -2.10. The van der Waals surface area contributed by atoms with E-state index < -0.39 is 0 Å². The van der Waals surface area contributed by atoms with Crippen LogP contribution in [0.1, 0.15) is 0 Å². The summed E-state index contributed by atoms with van der Waals surface area (Å²) in [4.78, 5) is 0. The van der Waals surface area contributed by atoms with E-state index in [4.69, 9.17) is 4.42 Å². The summed E-state index contributed by atoms with van der Waals surface area (Å²) in [5.41, 5.74) is 13.7. The van der Waals surface area contributed by atoms with Crippen molar-refractivity contribution in [2.24, 2.45) is 0 Å². The number of rotatable bonds is 4. The van der Waals surface area contributed by atoms with Gasteiger partial charge in [-0.1, -0.05) is 109 Å². The van der Waals surface area contributed by atoms with Crippen LogP contribution in [-0.4, -0.2) is 9.13 Å². The van der Waals surface area contributed by atoms with Crippen LogP contribution in [0.5, 0.6) is 0 Å². The van der Waals surface area contributed by atoms with Gasteiger partial charge in [-0.25, -0.2) is 0 Å². The van der Waals surface area contributed by atoms with Crippen LogP contribution >= 0.6 is 11.3 Å². The highest BCUT2D eigenvalue weighted by atomic mass is 32.1. The third kappa shape index (κ3) is 4.61. The molecule has 0 saturated heterocycles. The molecule has 0 aliphatic rings. The van der Waals surface area contributed by atoms with Crippen LogP contribution in [0.15, 0.2) is 199 Å². The van der Waals surface area contributed by atoms with E-state index in [0.717, 1.165) is 33.3 Å². The smallest absolute Gasteiger partial charge is 0.137 e. The maximum atomic E-state index is 6.61.